The van der Waals surface area contributed by atoms with Gasteiger partial charge >= 0.3 is 6.09 Å². The fourth-order valence-electron chi connectivity index (χ4n) is 3.08. The topological polar surface area (TPSA) is 76.8 Å². The highest BCUT2D eigenvalue weighted by atomic mass is 16.5. The number of fused-ring (bicyclic) bond motifs is 1. The molecule has 2 aromatic heterocycles. The molecule has 7 heteroatoms. The van der Waals surface area contributed by atoms with Crippen molar-refractivity contribution in [3.8, 4) is 11.5 Å². The largest absolute Gasteiger partial charge is 0.464 e. The quantitative estimate of drug-likeness (QED) is 0.776. The molecular weight excluding hydrogens is 334 g/mol. The summed E-state index contributed by atoms with van der Waals surface area (Å²) in [6.07, 6.45) is 2.27. The third kappa shape index (κ3) is 3.54. The van der Waals surface area contributed by atoms with Crippen LogP contribution in [0.15, 0.2) is 48.8 Å². The van der Waals surface area contributed by atoms with E-state index in [4.69, 9.17) is 14.6 Å². The number of ether oxygens (including phenoxy) is 2. The molecule has 0 amide bonds. The van der Waals surface area contributed by atoms with Crippen LogP contribution in [0.4, 0.5) is 4.79 Å². The lowest BCUT2D eigenvalue weighted by Crippen LogP contribution is -2.35. The maximum Gasteiger partial charge on any atom is 0.415 e. The van der Waals surface area contributed by atoms with Gasteiger partial charge in [0.15, 0.2) is 0 Å². The summed E-state index contributed by atoms with van der Waals surface area (Å²) in [4.78, 5) is 17.9. The van der Waals surface area contributed by atoms with E-state index in [9.17, 15) is 4.79 Å². The average Bonchev–Trinajstić information content (AvgIpc) is 3.06. The van der Waals surface area contributed by atoms with Gasteiger partial charge in [-0.05, 0) is 30.3 Å². The zero-order chi connectivity index (χ0) is 17.9. The lowest BCUT2D eigenvalue weighted by Gasteiger charge is -2.26. The Hall–Kier alpha value is -2.90. The van der Waals surface area contributed by atoms with Crippen LogP contribution < -0.4 is 4.74 Å². The molecule has 134 valence electrons. The highest BCUT2D eigenvalue weighted by molar-refractivity contribution is 5.89. The van der Waals surface area contributed by atoms with Crippen molar-refractivity contribution in [2.75, 3.05) is 26.3 Å². The summed E-state index contributed by atoms with van der Waals surface area (Å²) in [5.74, 6) is 1.37. The van der Waals surface area contributed by atoms with Crippen LogP contribution in [-0.2, 0) is 11.3 Å². The van der Waals surface area contributed by atoms with E-state index in [0.29, 0.717) is 17.0 Å². The molecule has 3 heterocycles. The Morgan fingerprint density at radius 2 is 1.96 bits per heavy atom. The van der Waals surface area contributed by atoms with Gasteiger partial charge in [-0.2, -0.15) is 0 Å². The van der Waals surface area contributed by atoms with Gasteiger partial charge in [0.2, 0.25) is 0 Å². The summed E-state index contributed by atoms with van der Waals surface area (Å²) in [7, 11) is 0. The maximum absolute atomic E-state index is 11.2. The van der Waals surface area contributed by atoms with Gasteiger partial charge in [0.05, 0.1) is 24.4 Å². The molecule has 4 rings (SSSR count). The molecule has 0 radical (unpaired) electrons. The first-order chi connectivity index (χ1) is 12.7. The highest BCUT2D eigenvalue weighted by Gasteiger charge is 2.12. The zero-order valence-corrected chi connectivity index (χ0v) is 14.2. The molecule has 0 bridgehead atoms. The maximum atomic E-state index is 11.2. The number of carbonyl (C=O) groups is 1. The number of benzene rings is 1. The van der Waals surface area contributed by atoms with Crippen molar-refractivity contribution in [2.24, 2.45) is 0 Å². The molecule has 1 N–H and O–H groups in total. The zero-order valence-electron chi connectivity index (χ0n) is 14.2. The Morgan fingerprint density at radius 3 is 2.77 bits per heavy atom. The van der Waals surface area contributed by atoms with Crippen LogP contribution >= 0.6 is 0 Å². The van der Waals surface area contributed by atoms with Gasteiger partial charge in [-0.15, -0.1) is 0 Å². The molecule has 1 fully saturated rings. The number of pyridine rings is 1. The second kappa shape index (κ2) is 7.15. The Kier molecular flexibility index (Phi) is 4.55. The Balaban J connectivity index is 1.50. The number of hydrogen-bond donors (Lipinski definition) is 1. The first-order valence-electron chi connectivity index (χ1n) is 8.46. The summed E-state index contributed by atoms with van der Waals surface area (Å²) in [5, 5.41) is 9.97. The van der Waals surface area contributed by atoms with Crippen molar-refractivity contribution in [1.82, 2.24) is 14.5 Å². The summed E-state index contributed by atoms with van der Waals surface area (Å²) in [5.41, 5.74) is 1.58. The number of nitrogens with zero attached hydrogens (tertiary/aromatic N) is 3. The van der Waals surface area contributed by atoms with E-state index in [1.54, 1.807) is 24.4 Å². The van der Waals surface area contributed by atoms with Gasteiger partial charge in [0.25, 0.3) is 0 Å². The number of rotatable bonds is 4. The van der Waals surface area contributed by atoms with Gasteiger partial charge in [-0.1, -0.05) is 0 Å². The average molecular weight is 353 g/mol. The van der Waals surface area contributed by atoms with Crippen LogP contribution in [0.2, 0.25) is 0 Å². The van der Waals surface area contributed by atoms with E-state index in [2.05, 4.69) is 9.88 Å². The van der Waals surface area contributed by atoms with Crippen molar-refractivity contribution in [2.45, 2.75) is 6.54 Å². The monoisotopic (exact) mass is 353 g/mol. The molecule has 0 unspecified atom stereocenters. The molecule has 1 aliphatic rings. The second-order valence-electron chi connectivity index (χ2n) is 6.16. The Morgan fingerprint density at radius 1 is 1.15 bits per heavy atom. The van der Waals surface area contributed by atoms with Crippen molar-refractivity contribution in [3.05, 3.63) is 54.5 Å². The van der Waals surface area contributed by atoms with E-state index in [1.807, 2.05) is 18.2 Å². The minimum absolute atomic E-state index is 0.632. The normalized spacial score (nSPS) is 15.2. The Bertz CT molecular complexity index is 931. The first-order valence-corrected chi connectivity index (χ1v) is 8.46. The van der Waals surface area contributed by atoms with Crippen LogP contribution in [0.5, 0.6) is 11.5 Å². The predicted octanol–water partition coefficient (Wildman–Crippen LogP) is 3.19. The molecule has 0 aliphatic carbocycles. The molecule has 1 aliphatic heterocycles. The predicted molar refractivity (Wildman–Crippen MR) is 95.8 cm³/mol. The van der Waals surface area contributed by atoms with E-state index >= 15 is 0 Å². The fraction of sp³-hybridized carbons (Fsp3) is 0.263. The van der Waals surface area contributed by atoms with E-state index in [-0.39, 0.29) is 0 Å². The highest BCUT2D eigenvalue weighted by Crippen LogP contribution is 2.26. The fourth-order valence-corrected chi connectivity index (χ4v) is 3.08. The van der Waals surface area contributed by atoms with Gasteiger partial charge in [0.1, 0.15) is 11.5 Å². The second-order valence-corrected chi connectivity index (χ2v) is 6.16. The molecule has 1 aromatic carbocycles. The Labute approximate surface area is 150 Å². The van der Waals surface area contributed by atoms with Crippen molar-refractivity contribution in [3.63, 3.8) is 0 Å². The summed E-state index contributed by atoms with van der Waals surface area (Å²) < 4.78 is 12.5. The minimum atomic E-state index is -1.00. The molecular formula is C19H19N3O4. The first kappa shape index (κ1) is 16.6. The van der Waals surface area contributed by atoms with Gasteiger partial charge in [0, 0.05) is 43.5 Å². The smallest absolute Gasteiger partial charge is 0.415 e. The third-order valence-corrected chi connectivity index (χ3v) is 4.38. The van der Waals surface area contributed by atoms with Gasteiger partial charge < -0.3 is 14.6 Å². The van der Waals surface area contributed by atoms with Crippen LogP contribution in [0, 0.1) is 0 Å². The van der Waals surface area contributed by atoms with Crippen molar-refractivity contribution >= 4 is 17.0 Å². The number of aromatic nitrogens is 2. The van der Waals surface area contributed by atoms with Crippen LogP contribution in [0.3, 0.4) is 0 Å². The summed E-state index contributed by atoms with van der Waals surface area (Å²) >= 11 is 0. The molecule has 3 aromatic rings. The molecule has 7 nitrogen and oxygen atoms in total. The molecule has 1 saturated heterocycles. The minimum Gasteiger partial charge on any atom is -0.464 e. The van der Waals surface area contributed by atoms with Gasteiger partial charge in [-0.3, -0.25) is 14.5 Å². The number of morpholine rings is 1. The van der Waals surface area contributed by atoms with E-state index in [1.165, 1.54) is 10.8 Å². The molecule has 26 heavy (non-hydrogen) atoms. The standard InChI is InChI=1S/C19H19N3O4/c23-19(24)22-6-4-14-11-16(1-2-18(14)22)26-17-3-5-20-15(12-17)13-21-7-9-25-10-8-21/h1-6,11-12H,7-10,13H2,(H,23,24). The SMILES string of the molecule is O=C(O)n1ccc2cc(Oc3ccnc(CN4CCOCC4)c3)ccc21. The van der Waals surface area contributed by atoms with Crippen molar-refractivity contribution < 1.29 is 19.4 Å². The molecule has 0 spiro atoms. The van der Waals surface area contributed by atoms with Crippen molar-refractivity contribution in [1.29, 1.82) is 0 Å². The number of carboxylic acid groups (broad SMARTS) is 1. The third-order valence-electron chi connectivity index (χ3n) is 4.38. The van der Waals surface area contributed by atoms with Crippen LogP contribution in [0.25, 0.3) is 10.9 Å². The van der Waals surface area contributed by atoms with Crippen LogP contribution in [0.1, 0.15) is 5.69 Å². The van der Waals surface area contributed by atoms with E-state index in [0.717, 1.165) is 43.9 Å². The molecule has 0 atom stereocenters. The summed E-state index contributed by atoms with van der Waals surface area (Å²) in [6.45, 7) is 4.09. The lowest BCUT2D eigenvalue weighted by molar-refractivity contribution is 0.0336. The molecule has 0 saturated carbocycles. The lowest BCUT2D eigenvalue weighted by atomic mass is 10.2. The van der Waals surface area contributed by atoms with E-state index < -0.39 is 6.09 Å². The van der Waals surface area contributed by atoms with Gasteiger partial charge in [-0.25, -0.2) is 4.79 Å². The number of hydrogen-bond acceptors (Lipinski definition) is 5. The van der Waals surface area contributed by atoms with Crippen LogP contribution in [-0.4, -0.2) is 52.0 Å². The summed E-state index contributed by atoms with van der Waals surface area (Å²) in [6, 6.07) is 10.8.